The zero-order valence-corrected chi connectivity index (χ0v) is 18.4. The van der Waals surface area contributed by atoms with Gasteiger partial charge in [0.2, 0.25) is 5.91 Å². The second-order valence-electron chi connectivity index (χ2n) is 6.52. The molecule has 1 aliphatic rings. The molecule has 0 bridgehead atoms. The Morgan fingerprint density at radius 1 is 1.18 bits per heavy atom. The van der Waals surface area contributed by atoms with E-state index in [0.29, 0.717) is 24.9 Å². The van der Waals surface area contributed by atoms with Crippen LogP contribution in [0.3, 0.4) is 0 Å². The Morgan fingerprint density at radius 2 is 1.93 bits per heavy atom. The van der Waals surface area contributed by atoms with Crippen molar-refractivity contribution < 1.29 is 18.0 Å². The summed E-state index contributed by atoms with van der Waals surface area (Å²) in [5.41, 5.74) is 6.11. The van der Waals surface area contributed by atoms with E-state index in [1.165, 1.54) is 4.31 Å². The Kier molecular flexibility index (Phi) is 6.54. The highest BCUT2D eigenvalue weighted by Gasteiger charge is 2.34. The first-order valence-electron chi connectivity index (χ1n) is 8.70. The number of carbonyl (C=O) groups is 2. The Hall–Kier alpha value is -1.75. The molecular weight excluding hydrogens is 466 g/mol. The van der Waals surface area contributed by atoms with Crippen LogP contribution in [-0.4, -0.2) is 37.6 Å². The van der Waals surface area contributed by atoms with Gasteiger partial charge < -0.3 is 0 Å². The van der Waals surface area contributed by atoms with Crippen LogP contribution in [0.15, 0.2) is 44.4 Å². The maximum Gasteiger partial charge on any atom is 0.269 e. The zero-order valence-electron chi connectivity index (χ0n) is 15.1. The maximum absolute atomic E-state index is 12.8. The third-order valence-corrected chi connectivity index (χ3v) is 8.54. The number of carbonyl (C=O) groups excluding carboxylic acids is 2. The quantitative estimate of drug-likeness (QED) is 0.650. The number of sulfonamides is 1. The van der Waals surface area contributed by atoms with Crippen LogP contribution >= 0.6 is 27.3 Å². The number of piperidine rings is 1. The fraction of sp³-hybridized carbons (Fsp3) is 0.333. The average molecular weight is 486 g/mol. The van der Waals surface area contributed by atoms with Gasteiger partial charge in [0.25, 0.3) is 15.9 Å². The molecule has 1 unspecified atom stereocenters. The minimum absolute atomic E-state index is 0.0872. The molecule has 150 valence electrons. The van der Waals surface area contributed by atoms with E-state index in [0.717, 1.165) is 20.7 Å². The van der Waals surface area contributed by atoms with E-state index >= 15 is 0 Å². The van der Waals surface area contributed by atoms with Gasteiger partial charge >= 0.3 is 0 Å². The van der Waals surface area contributed by atoms with Gasteiger partial charge in [-0.2, -0.15) is 4.31 Å². The van der Waals surface area contributed by atoms with E-state index in [2.05, 4.69) is 26.8 Å². The average Bonchev–Trinajstić information content (AvgIpc) is 3.13. The molecule has 0 spiro atoms. The summed E-state index contributed by atoms with van der Waals surface area (Å²) < 4.78 is 27.9. The Morgan fingerprint density at radius 3 is 2.61 bits per heavy atom. The van der Waals surface area contributed by atoms with E-state index in [1.54, 1.807) is 24.3 Å². The van der Waals surface area contributed by atoms with Crippen LogP contribution in [0.1, 0.15) is 28.8 Å². The van der Waals surface area contributed by atoms with E-state index in [-0.39, 0.29) is 10.8 Å². The number of amides is 2. The molecule has 0 saturated carbocycles. The topological polar surface area (TPSA) is 95.6 Å². The molecule has 0 radical (unpaired) electrons. The summed E-state index contributed by atoms with van der Waals surface area (Å²) in [6.07, 6.45) is 1.14. The van der Waals surface area contributed by atoms with Crippen molar-refractivity contribution >= 4 is 49.1 Å². The van der Waals surface area contributed by atoms with Crippen molar-refractivity contribution in [3.05, 3.63) is 51.3 Å². The molecule has 2 aromatic rings. The number of rotatable bonds is 4. The lowest BCUT2D eigenvalue weighted by molar-refractivity contribution is -0.126. The largest absolute Gasteiger partial charge is 0.273 e. The number of aryl methyl sites for hydroxylation is 1. The highest BCUT2D eigenvalue weighted by molar-refractivity contribution is 9.11. The summed E-state index contributed by atoms with van der Waals surface area (Å²) in [7, 11) is -3.63. The van der Waals surface area contributed by atoms with Crippen LogP contribution in [0.5, 0.6) is 0 Å². The lowest BCUT2D eigenvalue weighted by Crippen LogP contribution is -2.50. The van der Waals surface area contributed by atoms with Gasteiger partial charge in [-0.25, -0.2) is 8.42 Å². The van der Waals surface area contributed by atoms with E-state index in [9.17, 15) is 18.0 Å². The smallest absolute Gasteiger partial charge is 0.269 e. The number of halogens is 1. The number of hydrogen-bond donors (Lipinski definition) is 2. The molecule has 1 aromatic heterocycles. The molecular formula is C18H20BrN3O4S2. The fourth-order valence-corrected chi connectivity index (χ4v) is 6.74. The number of nitrogens with zero attached hydrogens (tertiary/aromatic N) is 1. The summed E-state index contributed by atoms with van der Waals surface area (Å²) in [4.78, 5) is 24.7. The van der Waals surface area contributed by atoms with Crippen molar-refractivity contribution in [3.8, 4) is 0 Å². The van der Waals surface area contributed by atoms with Crippen LogP contribution in [0.25, 0.3) is 0 Å². The minimum Gasteiger partial charge on any atom is -0.273 e. The highest BCUT2D eigenvalue weighted by atomic mass is 79.9. The summed E-state index contributed by atoms with van der Waals surface area (Å²) in [5, 5.41) is 0. The summed E-state index contributed by atoms with van der Waals surface area (Å²) in [6.45, 7) is 2.27. The third kappa shape index (κ3) is 4.62. The lowest BCUT2D eigenvalue weighted by atomic mass is 9.99. The van der Waals surface area contributed by atoms with Gasteiger partial charge in [0.05, 0.1) is 9.70 Å². The number of thiophene rings is 1. The molecule has 2 heterocycles. The third-order valence-electron chi connectivity index (χ3n) is 4.59. The molecule has 28 heavy (non-hydrogen) atoms. The van der Waals surface area contributed by atoms with Gasteiger partial charge in [0.1, 0.15) is 4.21 Å². The molecule has 1 aromatic carbocycles. The summed E-state index contributed by atoms with van der Waals surface area (Å²) in [5.74, 6) is -1.33. The number of hydrogen-bond acceptors (Lipinski definition) is 5. The van der Waals surface area contributed by atoms with Gasteiger partial charge in [-0.3, -0.25) is 20.4 Å². The van der Waals surface area contributed by atoms with Crippen molar-refractivity contribution in [2.75, 3.05) is 13.1 Å². The normalized spacial score (nSPS) is 17.9. The zero-order chi connectivity index (χ0) is 20.3. The Balaban J connectivity index is 1.62. The van der Waals surface area contributed by atoms with Gasteiger partial charge in [0, 0.05) is 18.7 Å². The summed E-state index contributed by atoms with van der Waals surface area (Å²) >= 11 is 4.41. The second kappa shape index (κ2) is 8.73. The van der Waals surface area contributed by atoms with Gasteiger partial charge in [-0.05, 0) is 59.5 Å². The van der Waals surface area contributed by atoms with E-state index in [4.69, 9.17) is 0 Å². The number of hydrazine groups is 1. The molecule has 2 N–H and O–H groups in total. The minimum atomic E-state index is -3.63. The van der Waals surface area contributed by atoms with Crippen LogP contribution in [0.4, 0.5) is 0 Å². The number of benzene rings is 1. The predicted molar refractivity (Wildman–Crippen MR) is 110 cm³/mol. The van der Waals surface area contributed by atoms with Crippen molar-refractivity contribution in [1.82, 2.24) is 15.2 Å². The molecule has 10 heteroatoms. The maximum atomic E-state index is 12.8. The summed E-state index contributed by atoms with van der Waals surface area (Å²) in [6, 6.07) is 10.3. The molecule has 1 saturated heterocycles. The van der Waals surface area contributed by atoms with Crippen molar-refractivity contribution in [1.29, 1.82) is 0 Å². The van der Waals surface area contributed by atoms with Gasteiger partial charge in [-0.1, -0.05) is 18.2 Å². The van der Waals surface area contributed by atoms with Crippen LogP contribution in [-0.2, 0) is 14.8 Å². The fourth-order valence-electron chi connectivity index (χ4n) is 3.05. The predicted octanol–water partition coefficient (Wildman–Crippen LogP) is 2.68. The van der Waals surface area contributed by atoms with Crippen molar-refractivity contribution in [3.63, 3.8) is 0 Å². The molecule has 1 atom stereocenters. The first kappa shape index (κ1) is 21.0. The molecule has 1 aliphatic heterocycles. The van der Waals surface area contributed by atoms with Gasteiger partial charge in [0.15, 0.2) is 0 Å². The molecule has 2 amide bonds. The van der Waals surface area contributed by atoms with E-state index in [1.807, 2.05) is 19.1 Å². The highest BCUT2D eigenvalue weighted by Crippen LogP contribution is 2.30. The first-order valence-corrected chi connectivity index (χ1v) is 11.8. The van der Waals surface area contributed by atoms with Crippen LogP contribution in [0, 0.1) is 12.8 Å². The van der Waals surface area contributed by atoms with Crippen LogP contribution < -0.4 is 10.9 Å². The number of nitrogens with one attached hydrogen (secondary N) is 2. The monoisotopic (exact) mass is 485 g/mol. The van der Waals surface area contributed by atoms with Gasteiger partial charge in [-0.15, -0.1) is 11.3 Å². The molecule has 0 aliphatic carbocycles. The van der Waals surface area contributed by atoms with Crippen LogP contribution in [0.2, 0.25) is 0 Å². The Labute approximate surface area is 176 Å². The SMILES string of the molecule is Cc1ccccc1C(=O)NNC(=O)C1CCCN(S(=O)(=O)c2ccc(Br)s2)C1. The molecule has 1 fully saturated rings. The van der Waals surface area contributed by atoms with Crippen molar-refractivity contribution in [2.24, 2.45) is 5.92 Å². The standard InChI is InChI=1S/C18H20BrN3O4S2/c1-12-5-2-3-7-14(12)18(24)21-20-17(23)13-6-4-10-22(11-13)28(25,26)16-9-8-15(19)27-16/h2-3,5,7-9,13H,4,6,10-11H2,1H3,(H,20,23)(H,21,24). The lowest BCUT2D eigenvalue weighted by Gasteiger charge is -2.30. The van der Waals surface area contributed by atoms with Crippen molar-refractivity contribution in [2.45, 2.75) is 24.0 Å². The van der Waals surface area contributed by atoms with E-state index < -0.39 is 27.8 Å². The molecule has 7 nitrogen and oxygen atoms in total. The first-order chi connectivity index (χ1) is 13.3. The Bertz CT molecular complexity index is 990. The second-order valence-corrected chi connectivity index (χ2v) is 11.1. The molecule has 3 rings (SSSR count).